The molecule has 2 aromatic rings. The van der Waals surface area contributed by atoms with Gasteiger partial charge in [0.2, 0.25) is 5.91 Å². The Morgan fingerprint density at radius 3 is 2.17 bits per heavy atom. The summed E-state index contributed by atoms with van der Waals surface area (Å²) in [5.41, 5.74) is 1.99. The van der Waals surface area contributed by atoms with Gasteiger partial charge in [-0.25, -0.2) is 4.79 Å². The number of carbonyl (C=O) groups excluding carboxylic acids is 1. The summed E-state index contributed by atoms with van der Waals surface area (Å²) in [6.07, 6.45) is 0.231. The van der Waals surface area contributed by atoms with Crippen molar-refractivity contribution in [3.8, 4) is 0 Å². The second-order valence-electron chi connectivity index (χ2n) is 6.56. The second-order valence-corrected chi connectivity index (χ2v) is 6.56. The number of rotatable bonds is 6. The Hall–Kier alpha value is -2.62. The molecular weight excluding hydrogens is 302 g/mol. The highest BCUT2D eigenvalue weighted by molar-refractivity contribution is 5.87. The number of benzene rings is 2. The molecule has 0 aliphatic rings. The third-order valence-electron chi connectivity index (χ3n) is 4.54. The van der Waals surface area contributed by atoms with Gasteiger partial charge in [-0.1, -0.05) is 56.3 Å². The minimum absolute atomic E-state index is 0.0364. The van der Waals surface area contributed by atoms with Crippen molar-refractivity contribution in [2.75, 3.05) is 0 Å². The molecule has 1 amide bonds. The minimum Gasteiger partial charge on any atom is -0.478 e. The number of hydrogen-bond donors (Lipinski definition) is 2. The lowest BCUT2D eigenvalue weighted by molar-refractivity contribution is -0.121. The summed E-state index contributed by atoms with van der Waals surface area (Å²) in [7, 11) is 0. The topological polar surface area (TPSA) is 66.4 Å². The highest BCUT2D eigenvalue weighted by atomic mass is 16.4. The average Bonchev–Trinajstić information content (AvgIpc) is 2.56. The van der Waals surface area contributed by atoms with Crippen LogP contribution in [0.1, 0.15) is 42.3 Å². The van der Waals surface area contributed by atoms with Gasteiger partial charge in [0.1, 0.15) is 0 Å². The number of carboxylic acid groups (broad SMARTS) is 1. The van der Waals surface area contributed by atoms with Crippen LogP contribution in [0.15, 0.2) is 54.6 Å². The van der Waals surface area contributed by atoms with Gasteiger partial charge in [0.05, 0.1) is 12.0 Å². The van der Waals surface area contributed by atoms with Crippen molar-refractivity contribution < 1.29 is 14.7 Å². The molecule has 0 aromatic heterocycles. The number of carbonyl (C=O) groups is 2. The molecule has 0 spiro atoms. The maximum Gasteiger partial charge on any atom is 0.335 e. The van der Waals surface area contributed by atoms with Crippen LogP contribution >= 0.6 is 0 Å². The van der Waals surface area contributed by atoms with E-state index in [9.17, 15) is 9.59 Å². The highest BCUT2D eigenvalue weighted by Gasteiger charge is 2.28. The first-order valence-corrected chi connectivity index (χ1v) is 7.98. The van der Waals surface area contributed by atoms with Gasteiger partial charge >= 0.3 is 5.97 Å². The third kappa shape index (κ3) is 4.22. The molecule has 4 nitrogen and oxygen atoms in total. The van der Waals surface area contributed by atoms with Crippen molar-refractivity contribution in [3.63, 3.8) is 0 Å². The molecule has 2 rings (SSSR count). The summed E-state index contributed by atoms with van der Waals surface area (Å²) in [6.45, 7) is 6.21. The van der Waals surface area contributed by atoms with Crippen molar-refractivity contribution in [1.29, 1.82) is 0 Å². The summed E-state index contributed by atoms with van der Waals surface area (Å²) in [6, 6.07) is 16.4. The average molecular weight is 325 g/mol. The molecule has 0 saturated carbocycles. The molecule has 0 aliphatic carbocycles. The van der Waals surface area contributed by atoms with Crippen LogP contribution in [0.4, 0.5) is 0 Å². The van der Waals surface area contributed by atoms with Crippen LogP contribution in [0.2, 0.25) is 0 Å². The lowest BCUT2D eigenvalue weighted by Crippen LogP contribution is -2.46. The van der Waals surface area contributed by atoms with Gasteiger partial charge < -0.3 is 10.4 Å². The second kappa shape index (κ2) is 7.30. The van der Waals surface area contributed by atoms with E-state index in [1.54, 1.807) is 12.1 Å². The van der Waals surface area contributed by atoms with E-state index in [0.717, 1.165) is 5.56 Å². The molecule has 0 saturated heterocycles. The van der Waals surface area contributed by atoms with Gasteiger partial charge in [-0.3, -0.25) is 4.79 Å². The summed E-state index contributed by atoms with van der Waals surface area (Å²) in [5, 5.41) is 11.9. The van der Waals surface area contributed by atoms with Crippen LogP contribution in [0.3, 0.4) is 0 Å². The molecule has 2 aromatic carbocycles. The van der Waals surface area contributed by atoms with Crippen LogP contribution in [0, 0.1) is 0 Å². The van der Waals surface area contributed by atoms with Gasteiger partial charge in [0.25, 0.3) is 0 Å². The number of carboxylic acids is 1. The van der Waals surface area contributed by atoms with Crippen LogP contribution in [0.25, 0.3) is 0 Å². The first kappa shape index (κ1) is 17.7. The zero-order chi connectivity index (χ0) is 17.7. The Bertz CT molecular complexity index is 705. The smallest absolute Gasteiger partial charge is 0.335 e. The van der Waals surface area contributed by atoms with E-state index in [2.05, 4.69) is 31.3 Å². The first-order valence-electron chi connectivity index (χ1n) is 7.98. The number of aromatic carboxylic acids is 1. The maximum absolute atomic E-state index is 12.3. The fourth-order valence-electron chi connectivity index (χ4n) is 2.54. The van der Waals surface area contributed by atoms with E-state index in [0.29, 0.717) is 0 Å². The van der Waals surface area contributed by atoms with E-state index in [1.807, 2.05) is 25.1 Å². The van der Waals surface area contributed by atoms with Crippen molar-refractivity contribution in [3.05, 3.63) is 71.3 Å². The zero-order valence-electron chi connectivity index (χ0n) is 14.2. The van der Waals surface area contributed by atoms with Crippen molar-refractivity contribution in [2.24, 2.45) is 0 Å². The summed E-state index contributed by atoms with van der Waals surface area (Å²) in [5.74, 6) is -1.04. The molecule has 126 valence electrons. The quantitative estimate of drug-likeness (QED) is 0.855. The Kier molecular flexibility index (Phi) is 5.39. The standard InChI is InChI=1S/C20H23NO3/c1-14(20(2,3)17-7-5-4-6-8-17)21-18(22)13-15-9-11-16(12-10-15)19(23)24/h4-12,14H,13H2,1-3H3,(H,21,22)(H,23,24). The highest BCUT2D eigenvalue weighted by Crippen LogP contribution is 2.26. The molecule has 0 fully saturated rings. The van der Waals surface area contributed by atoms with Crippen molar-refractivity contribution >= 4 is 11.9 Å². The summed E-state index contributed by atoms with van der Waals surface area (Å²) < 4.78 is 0. The predicted molar refractivity (Wildman–Crippen MR) is 94.2 cm³/mol. The van der Waals surface area contributed by atoms with Crippen molar-refractivity contribution in [1.82, 2.24) is 5.32 Å². The fourth-order valence-corrected chi connectivity index (χ4v) is 2.54. The van der Waals surface area contributed by atoms with Gasteiger partial charge in [0.15, 0.2) is 0 Å². The molecule has 4 heteroatoms. The Labute approximate surface area is 142 Å². The van der Waals surface area contributed by atoms with Gasteiger partial charge in [-0.2, -0.15) is 0 Å². The number of nitrogens with one attached hydrogen (secondary N) is 1. The molecule has 0 aliphatic heterocycles. The molecule has 0 radical (unpaired) electrons. The molecule has 0 bridgehead atoms. The number of hydrogen-bond acceptors (Lipinski definition) is 2. The van der Waals surface area contributed by atoms with E-state index < -0.39 is 5.97 Å². The normalized spacial score (nSPS) is 12.5. The van der Waals surface area contributed by atoms with Gasteiger partial charge in [0, 0.05) is 11.5 Å². The van der Waals surface area contributed by atoms with E-state index in [4.69, 9.17) is 5.11 Å². The summed E-state index contributed by atoms with van der Waals surface area (Å²) in [4.78, 5) is 23.1. The Balaban J connectivity index is 2.00. The lowest BCUT2D eigenvalue weighted by atomic mass is 9.78. The Morgan fingerprint density at radius 1 is 1.04 bits per heavy atom. The summed E-state index contributed by atoms with van der Waals surface area (Å²) >= 11 is 0. The van der Waals surface area contributed by atoms with E-state index in [-0.39, 0.29) is 29.3 Å². The molecule has 1 unspecified atom stereocenters. The SMILES string of the molecule is CC(NC(=O)Cc1ccc(C(=O)O)cc1)C(C)(C)c1ccccc1. The molecule has 24 heavy (non-hydrogen) atoms. The van der Waals surface area contributed by atoms with Gasteiger partial charge in [-0.15, -0.1) is 0 Å². The van der Waals surface area contributed by atoms with E-state index >= 15 is 0 Å². The van der Waals surface area contributed by atoms with Gasteiger partial charge in [-0.05, 0) is 30.2 Å². The van der Waals surface area contributed by atoms with Crippen LogP contribution in [-0.2, 0) is 16.6 Å². The number of amides is 1. The zero-order valence-corrected chi connectivity index (χ0v) is 14.2. The van der Waals surface area contributed by atoms with Crippen molar-refractivity contribution in [2.45, 2.75) is 38.6 Å². The maximum atomic E-state index is 12.3. The molecule has 2 N–H and O–H groups in total. The third-order valence-corrected chi connectivity index (χ3v) is 4.54. The fraction of sp³-hybridized carbons (Fsp3) is 0.300. The molecule has 0 heterocycles. The Morgan fingerprint density at radius 2 is 1.62 bits per heavy atom. The minimum atomic E-state index is -0.968. The van der Waals surface area contributed by atoms with Crippen LogP contribution < -0.4 is 5.32 Å². The predicted octanol–water partition coefficient (Wildman–Crippen LogP) is 3.41. The molecular formula is C20H23NO3. The van der Waals surface area contributed by atoms with Crippen LogP contribution in [0.5, 0.6) is 0 Å². The lowest BCUT2D eigenvalue weighted by Gasteiger charge is -2.33. The monoisotopic (exact) mass is 325 g/mol. The van der Waals surface area contributed by atoms with Crippen LogP contribution in [-0.4, -0.2) is 23.0 Å². The van der Waals surface area contributed by atoms with E-state index in [1.165, 1.54) is 17.7 Å². The first-order chi connectivity index (χ1) is 11.3. The molecule has 1 atom stereocenters. The largest absolute Gasteiger partial charge is 0.478 e.